The molecule has 1 unspecified atom stereocenters. The van der Waals surface area contributed by atoms with Gasteiger partial charge in [-0.2, -0.15) is 0 Å². The van der Waals surface area contributed by atoms with Crippen molar-refractivity contribution in [1.29, 1.82) is 0 Å². The lowest BCUT2D eigenvalue weighted by Gasteiger charge is -2.28. The van der Waals surface area contributed by atoms with E-state index in [2.05, 4.69) is 0 Å². The highest BCUT2D eigenvalue weighted by atomic mass is 35.5. The summed E-state index contributed by atoms with van der Waals surface area (Å²) in [6, 6.07) is 11.1. The molecule has 0 saturated carbocycles. The van der Waals surface area contributed by atoms with Crippen LogP contribution in [0.3, 0.4) is 0 Å². The van der Waals surface area contributed by atoms with E-state index in [9.17, 15) is 9.18 Å². The molecule has 0 aliphatic rings. The summed E-state index contributed by atoms with van der Waals surface area (Å²) in [5.74, 6) is -1.72. The Labute approximate surface area is 127 Å². The SMILES string of the molecule is CC(c1ccccc1Cl)N(C)c1ccc(C(=O)O)cc1F. The molecule has 0 saturated heterocycles. The maximum absolute atomic E-state index is 14.1. The Morgan fingerprint density at radius 1 is 1.29 bits per heavy atom. The summed E-state index contributed by atoms with van der Waals surface area (Å²) < 4.78 is 14.1. The molecule has 110 valence electrons. The molecule has 2 aromatic rings. The standard InChI is InChI=1S/C16H15ClFNO2/c1-10(12-5-3-4-6-13(12)17)19(2)15-8-7-11(16(20)21)9-14(15)18/h3-10H,1-2H3,(H,20,21). The average molecular weight is 308 g/mol. The van der Waals surface area contributed by atoms with Gasteiger partial charge in [0.1, 0.15) is 5.82 Å². The molecule has 2 aromatic carbocycles. The summed E-state index contributed by atoms with van der Waals surface area (Å²) in [5, 5.41) is 9.48. The van der Waals surface area contributed by atoms with E-state index in [1.165, 1.54) is 12.1 Å². The third-order valence-electron chi connectivity index (χ3n) is 3.51. The molecule has 0 aliphatic carbocycles. The minimum absolute atomic E-state index is 0.0740. The second-order valence-corrected chi connectivity index (χ2v) is 5.19. The molecule has 1 atom stereocenters. The van der Waals surface area contributed by atoms with Gasteiger partial charge in [-0.15, -0.1) is 0 Å². The van der Waals surface area contributed by atoms with E-state index in [1.807, 2.05) is 25.1 Å². The topological polar surface area (TPSA) is 40.5 Å². The molecule has 3 nitrogen and oxygen atoms in total. The number of hydrogen-bond acceptors (Lipinski definition) is 2. The third kappa shape index (κ3) is 3.16. The molecule has 21 heavy (non-hydrogen) atoms. The number of carbonyl (C=O) groups is 1. The van der Waals surface area contributed by atoms with Crippen molar-refractivity contribution < 1.29 is 14.3 Å². The Balaban J connectivity index is 2.34. The van der Waals surface area contributed by atoms with Crippen LogP contribution in [0, 0.1) is 5.82 Å². The molecule has 0 aliphatic heterocycles. The monoisotopic (exact) mass is 307 g/mol. The minimum atomic E-state index is -1.15. The van der Waals surface area contributed by atoms with Gasteiger partial charge in [0, 0.05) is 12.1 Å². The van der Waals surface area contributed by atoms with Crippen LogP contribution in [-0.2, 0) is 0 Å². The van der Waals surface area contributed by atoms with E-state index < -0.39 is 11.8 Å². The van der Waals surface area contributed by atoms with Crippen molar-refractivity contribution in [2.45, 2.75) is 13.0 Å². The number of carboxylic acids is 1. The van der Waals surface area contributed by atoms with E-state index in [0.29, 0.717) is 10.7 Å². The minimum Gasteiger partial charge on any atom is -0.478 e. The number of halogens is 2. The molecule has 0 fully saturated rings. The van der Waals surface area contributed by atoms with Gasteiger partial charge in [-0.1, -0.05) is 29.8 Å². The van der Waals surface area contributed by atoms with Crippen LogP contribution in [0.25, 0.3) is 0 Å². The molecule has 0 amide bonds. The van der Waals surface area contributed by atoms with E-state index in [4.69, 9.17) is 16.7 Å². The number of hydrogen-bond donors (Lipinski definition) is 1. The van der Waals surface area contributed by atoms with Crippen molar-refractivity contribution in [1.82, 2.24) is 0 Å². The van der Waals surface area contributed by atoms with Crippen molar-refractivity contribution in [3.8, 4) is 0 Å². The molecule has 0 heterocycles. The maximum Gasteiger partial charge on any atom is 0.335 e. The van der Waals surface area contributed by atoms with Crippen LogP contribution >= 0.6 is 11.6 Å². The van der Waals surface area contributed by atoms with Crippen molar-refractivity contribution in [3.63, 3.8) is 0 Å². The largest absolute Gasteiger partial charge is 0.478 e. The highest BCUT2D eigenvalue weighted by Crippen LogP contribution is 2.31. The molecule has 0 spiro atoms. The highest BCUT2D eigenvalue weighted by Gasteiger charge is 2.18. The number of rotatable bonds is 4. The lowest BCUT2D eigenvalue weighted by Crippen LogP contribution is -2.23. The predicted octanol–water partition coefficient (Wildman–Crippen LogP) is 4.37. The Hall–Kier alpha value is -2.07. The first kappa shape index (κ1) is 15.3. The lowest BCUT2D eigenvalue weighted by atomic mass is 10.1. The van der Waals surface area contributed by atoms with Crippen LogP contribution in [0.1, 0.15) is 28.9 Å². The molecule has 2 rings (SSSR count). The zero-order valence-corrected chi connectivity index (χ0v) is 12.4. The predicted molar refractivity (Wildman–Crippen MR) is 81.6 cm³/mol. The van der Waals surface area contributed by atoms with Gasteiger partial charge < -0.3 is 10.0 Å². The van der Waals surface area contributed by atoms with Crippen LogP contribution in [0.15, 0.2) is 42.5 Å². The number of benzene rings is 2. The number of nitrogens with zero attached hydrogens (tertiary/aromatic N) is 1. The van der Waals surface area contributed by atoms with Gasteiger partial charge in [-0.25, -0.2) is 9.18 Å². The Morgan fingerprint density at radius 2 is 1.95 bits per heavy atom. The first-order chi connectivity index (χ1) is 9.91. The fraction of sp³-hybridized carbons (Fsp3) is 0.188. The van der Waals surface area contributed by atoms with Gasteiger partial charge >= 0.3 is 5.97 Å². The van der Waals surface area contributed by atoms with Gasteiger partial charge in [-0.3, -0.25) is 0 Å². The Bertz CT molecular complexity index is 675. The van der Waals surface area contributed by atoms with E-state index >= 15 is 0 Å². The molecule has 5 heteroatoms. The van der Waals surface area contributed by atoms with Crippen LogP contribution in [0.5, 0.6) is 0 Å². The van der Waals surface area contributed by atoms with E-state index in [1.54, 1.807) is 18.0 Å². The van der Waals surface area contributed by atoms with E-state index in [0.717, 1.165) is 11.6 Å². The van der Waals surface area contributed by atoms with Crippen molar-refractivity contribution in [2.24, 2.45) is 0 Å². The van der Waals surface area contributed by atoms with Crippen molar-refractivity contribution in [3.05, 3.63) is 64.4 Å². The molecule has 1 N–H and O–H groups in total. The summed E-state index contributed by atoms with van der Waals surface area (Å²) in [6.07, 6.45) is 0. The van der Waals surface area contributed by atoms with Crippen LogP contribution < -0.4 is 4.90 Å². The summed E-state index contributed by atoms with van der Waals surface area (Å²) in [5.41, 5.74) is 1.13. The number of anilines is 1. The van der Waals surface area contributed by atoms with Crippen molar-refractivity contribution >= 4 is 23.3 Å². The van der Waals surface area contributed by atoms with E-state index in [-0.39, 0.29) is 11.6 Å². The fourth-order valence-electron chi connectivity index (χ4n) is 2.16. The second kappa shape index (κ2) is 6.14. The van der Waals surface area contributed by atoms with Crippen LogP contribution in [-0.4, -0.2) is 18.1 Å². The summed E-state index contributed by atoms with van der Waals surface area (Å²) in [6.45, 7) is 1.91. The Morgan fingerprint density at radius 3 is 2.52 bits per heavy atom. The number of carboxylic acid groups (broad SMARTS) is 1. The van der Waals surface area contributed by atoms with Gasteiger partial charge in [0.25, 0.3) is 0 Å². The second-order valence-electron chi connectivity index (χ2n) is 4.78. The molecular formula is C16H15ClFNO2. The maximum atomic E-state index is 14.1. The Kier molecular flexibility index (Phi) is 4.48. The lowest BCUT2D eigenvalue weighted by molar-refractivity contribution is 0.0696. The first-order valence-corrected chi connectivity index (χ1v) is 6.79. The van der Waals surface area contributed by atoms with Crippen LogP contribution in [0.2, 0.25) is 5.02 Å². The number of aromatic carboxylic acids is 1. The molecular weight excluding hydrogens is 293 g/mol. The zero-order chi connectivity index (χ0) is 15.6. The van der Waals surface area contributed by atoms with Gasteiger partial charge in [0.2, 0.25) is 0 Å². The summed E-state index contributed by atoms with van der Waals surface area (Å²) in [4.78, 5) is 12.6. The first-order valence-electron chi connectivity index (χ1n) is 6.42. The normalized spacial score (nSPS) is 12.0. The molecule has 0 radical (unpaired) electrons. The summed E-state index contributed by atoms with van der Waals surface area (Å²) in [7, 11) is 1.74. The van der Waals surface area contributed by atoms with Crippen LogP contribution in [0.4, 0.5) is 10.1 Å². The fourth-order valence-corrected chi connectivity index (χ4v) is 2.45. The van der Waals surface area contributed by atoms with Gasteiger partial charge in [0.15, 0.2) is 0 Å². The highest BCUT2D eigenvalue weighted by molar-refractivity contribution is 6.31. The average Bonchev–Trinajstić information content (AvgIpc) is 2.46. The zero-order valence-electron chi connectivity index (χ0n) is 11.7. The third-order valence-corrected chi connectivity index (χ3v) is 3.86. The molecule has 0 aromatic heterocycles. The van der Waals surface area contributed by atoms with Gasteiger partial charge in [-0.05, 0) is 36.8 Å². The quantitative estimate of drug-likeness (QED) is 0.911. The van der Waals surface area contributed by atoms with Gasteiger partial charge in [0.05, 0.1) is 17.3 Å². The molecule has 0 bridgehead atoms. The smallest absolute Gasteiger partial charge is 0.335 e. The summed E-state index contributed by atoms with van der Waals surface area (Å²) >= 11 is 6.16. The van der Waals surface area contributed by atoms with Crippen molar-refractivity contribution in [2.75, 3.05) is 11.9 Å².